The van der Waals surface area contributed by atoms with Gasteiger partial charge in [-0.3, -0.25) is 4.72 Å². The first kappa shape index (κ1) is 11.3. The number of rotatable bonds is 7. The van der Waals surface area contributed by atoms with Gasteiger partial charge in [0.1, 0.15) is 0 Å². The highest BCUT2D eigenvalue weighted by atomic mass is 32.2. The second-order valence-corrected chi connectivity index (χ2v) is 4.01. The fourth-order valence-electron chi connectivity index (χ4n) is 0.639. The van der Waals surface area contributed by atoms with E-state index in [4.69, 9.17) is 5.73 Å². The maximum Gasteiger partial charge on any atom is 0.0102 e. The van der Waals surface area contributed by atoms with Crippen LogP contribution in [-0.2, 0) is 0 Å². The van der Waals surface area contributed by atoms with E-state index in [-0.39, 0.29) is 0 Å². The summed E-state index contributed by atoms with van der Waals surface area (Å²) >= 11 is 1.82. The molecule has 11 heavy (non-hydrogen) atoms. The predicted octanol–water partition coefficient (Wildman–Crippen LogP) is 1.62. The summed E-state index contributed by atoms with van der Waals surface area (Å²) in [5.41, 5.74) is 5.36. The van der Waals surface area contributed by atoms with Crippen molar-refractivity contribution in [1.82, 2.24) is 4.72 Å². The number of nitrogens with two attached hydrogens (primary N) is 1. The lowest BCUT2D eigenvalue weighted by atomic mass is 10.3. The van der Waals surface area contributed by atoms with Crippen molar-refractivity contribution in [2.24, 2.45) is 11.7 Å². The lowest BCUT2D eigenvalue weighted by Crippen LogP contribution is -2.10. The molecule has 0 aromatic heterocycles. The van der Waals surface area contributed by atoms with Gasteiger partial charge < -0.3 is 5.73 Å². The monoisotopic (exact) mass is 176 g/mol. The van der Waals surface area contributed by atoms with Crippen LogP contribution in [0.3, 0.4) is 0 Å². The summed E-state index contributed by atoms with van der Waals surface area (Å²) in [6.07, 6.45) is 2.33. The van der Waals surface area contributed by atoms with Crippen LogP contribution in [0.1, 0.15) is 26.7 Å². The zero-order valence-corrected chi connectivity index (χ0v) is 8.41. The van der Waals surface area contributed by atoms with Crippen LogP contribution in [0, 0.1) is 5.92 Å². The summed E-state index contributed by atoms with van der Waals surface area (Å²) in [6.45, 7) is 6.37. The molecule has 0 aliphatic heterocycles. The molecule has 0 aliphatic carbocycles. The van der Waals surface area contributed by atoms with Crippen molar-refractivity contribution in [2.75, 3.05) is 18.8 Å². The van der Waals surface area contributed by atoms with Crippen molar-refractivity contribution >= 4 is 11.9 Å². The van der Waals surface area contributed by atoms with Gasteiger partial charge in [0.25, 0.3) is 0 Å². The van der Waals surface area contributed by atoms with E-state index in [1.54, 1.807) is 0 Å². The van der Waals surface area contributed by atoms with Gasteiger partial charge in [0.2, 0.25) is 0 Å². The minimum absolute atomic E-state index is 0.780. The molecule has 0 amide bonds. The lowest BCUT2D eigenvalue weighted by molar-refractivity contribution is 0.722. The molecule has 0 unspecified atom stereocenters. The molecule has 0 radical (unpaired) electrons. The van der Waals surface area contributed by atoms with Gasteiger partial charge in [0.05, 0.1) is 0 Å². The van der Waals surface area contributed by atoms with Crippen molar-refractivity contribution in [2.45, 2.75) is 26.7 Å². The largest absolute Gasteiger partial charge is 0.330 e. The minimum atomic E-state index is 0.780. The Morgan fingerprint density at radius 3 is 2.64 bits per heavy atom. The molecule has 0 atom stereocenters. The summed E-state index contributed by atoms with van der Waals surface area (Å²) in [6, 6.07) is 0. The molecule has 0 aromatic carbocycles. The minimum Gasteiger partial charge on any atom is -0.330 e. The van der Waals surface area contributed by atoms with Crippen LogP contribution in [0.5, 0.6) is 0 Å². The fourth-order valence-corrected chi connectivity index (χ4v) is 1.38. The second-order valence-electron chi connectivity index (χ2n) is 3.09. The number of hydrogen-bond acceptors (Lipinski definition) is 3. The first-order valence-electron chi connectivity index (χ1n) is 4.32. The summed E-state index contributed by atoms with van der Waals surface area (Å²) in [5, 5.41) is 0. The Morgan fingerprint density at radius 1 is 1.36 bits per heavy atom. The first-order valence-corrected chi connectivity index (χ1v) is 5.30. The fraction of sp³-hybridized carbons (Fsp3) is 1.00. The molecule has 0 saturated carbocycles. The van der Waals surface area contributed by atoms with Crippen molar-refractivity contribution in [3.05, 3.63) is 0 Å². The van der Waals surface area contributed by atoms with Gasteiger partial charge in [-0.25, -0.2) is 0 Å². The van der Waals surface area contributed by atoms with E-state index >= 15 is 0 Å². The Kier molecular flexibility index (Phi) is 8.57. The maximum absolute atomic E-state index is 5.36. The normalized spacial score (nSPS) is 10.9. The van der Waals surface area contributed by atoms with Crippen molar-refractivity contribution in [3.63, 3.8) is 0 Å². The van der Waals surface area contributed by atoms with E-state index in [0.29, 0.717) is 0 Å². The summed E-state index contributed by atoms with van der Waals surface area (Å²) in [5.74, 6) is 1.98. The van der Waals surface area contributed by atoms with Crippen molar-refractivity contribution in [3.8, 4) is 0 Å². The van der Waals surface area contributed by atoms with Crippen LogP contribution in [-0.4, -0.2) is 18.8 Å². The highest BCUT2D eigenvalue weighted by Crippen LogP contribution is 2.02. The predicted molar refractivity (Wildman–Crippen MR) is 53.6 cm³/mol. The molecule has 68 valence electrons. The third kappa shape index (κ3) is 10.3. The van der Waals surface area contributed by atoms with E-state index in [1.807, 2.05) is 11.9 Å². The number of hydrogen-bond donors (Lipinski definition) is 2. The molecule has 0 aliphatic rings. The summed E-state index contributed by atoms with van der Waals surface area (Å²) in [4.78, 5) is 0. The molecule has 0 bridgehead atoms. The van der Waals surface area contributed by atoms with E-state index in [9.17, 15) is 0 Å². The van der Waals surface area contributed by atoms with Gasteiger partial charge in [0.15, 0.2) is 0 Å². The zero-order valence-electron chi connectivity index (χ0n) is 7.60. The molecule has 0 aromatic rings. The highest BCUT2D eigenvalue weighted by molar-refractivity contribution is 7.97. The van der Waals surface area contributed by atoms with E-state index in [1.165, 1.54) is 12.2 Å². The van der Waals surface area contributed by atoms with Crippen LogP contribution >= 0.6 is 11.9 Å². The SMILES string of the molecule is CC(C)CSNCCCCN. The average molecular weight is 176 g/mol. The van der Waals surface area contributed by atoms with Gasteiger partial charge in [-0.15, -0.1) is 0 Å². The van der Waals surface area contributed by atoms with E-state index in [0.717, 1.165) is 25.4 Å². The molecular formula is C8H20N2S. The Bertz CT molecular complexity index is 76.5. The van der Waals surface area contributed by atoms with E-state index in [2.05, 4.69) is 18.6 Å². The maximum atomic E-state index is 5.36. The molecule has 0 rings (SSSR count). The van der Waals surface area contributed by atoms with E-state index < -0.39 is 0 Å². The Hall–Kier alpha value is 0.270. The van der Waals surface area contributed by atoms with Gasteiger partial charge in [0, 0.05) is 12.3 Å². The molecule has 0 spiro atoms. The van der Waals surface area contributed by atoms with Gasteiger partial charge in [-0.1, -0.05) is 25.8 Å². The van der Waals surface area contributed by atoms with Gasteiger partial charge >= 0.3 is 0 Å². The number of unbranched alkanes of at least 4 members (excludes halogenated alkanes) is 1. The molecule has 0 saturated heterocycles. The standard InChI is InChI=1S/C8H20N2S/c1-8(2)7-11-10-6-4-3-5-9/h8,10H,3-7,9H2,1-2H3. The zero-order chi connectivity index (χ0) is 8.53. The van der Waals surface area contributed by atoms with Gasteiger partial charge in [-0.2, -0.15) is 0 Å². The van der Waals surface area contributed by atoms with Crippen molar-refractivity contribution in [1.29, 1.82) is 0 Å². The van der Waals surface area contributed by atoms with Gasteiger partial charge in [-0.05, 0) is 25.3 Å². The van der Waals surface area contributed by atoms with Crippen LogP contribution in [0.4, 0.5) is 0 Å². The van der Waals surface area contributed by atoms with Crippen LogP contribution < -0.4 is 10.5 Å². The Balaban J connectivity index is 2.80. The molecular weight excluding hydrogens is 156 g/mol. The first-order chi connectivity index (χ1) is 5.27. The van der Waals surface area contributed by atoms with Crippen LogP contribution in [0.2, 0.25) is 0 Å². The topological polar surface area (TPSA) is 38.0 Å². The summed E-state index contributed by atoms with van der Waals surface area (Å²) < 4.78 is 3.31. The van der Waals surface area contributed by atoms with Crippen molar-refractivity contribution < 1.29 is 0 Å². The smallest absolute Gasteiger partial charge is 0.0102 e. The molecule has 0 heterocycles. The molecule has 0 fully saturated rings. The van der Waals surface area contributed by atoms with Crippen LogP contribution in [0.15, 0.2) is 0 Å². The average Bonchev–Trinajstić information content (AvgIpc) is 1.96. The highest BCUT2D eigenvalue weighted by Gasteiger charge is 1.92. The third-order valence-electron chi connectivity index (χ3n) is 1.25. The number of nitrogens with one attached hydrogen (secondary N) is 1. The summed E-state index contributed by atoms with van der Waals surface area (Å²) in [7, 11) is 0. The molecule has 3 N–H and O–H groups in total. The third-order valence-corrected chi connectivity index (χ3v) is 2.49. The second kappa shape index (κ2) is 8.37. The lowest BCUT2D eigenvalue weighted by Gasteiger charge is -2.04. The molecule has 3 heteroatoms. The van der Waals surface area contributed by atoms with Crippen LogP contribution in [0.25, 0.3) is 0 Å². The quantitative estimate of drug-likeness (QED) is 0.457. The Morgan fingerprint density at radius 2 is 2.09 bits per heavy atom. The Labute approximate surface area is 74.4 Å². The molecule has 2 nitrogen and oxygen atoms in total.